The van der Waals surface area contributed by atoms with Crippen LogP contribution in [0.2, 0.25) is 0 Å². The van der Waals surface area contributed by atoms with Crippen molar-refractivity contribution in [3.05, 3.63) is 48.2 Å². The molecular weight excluding hydrogens is 416 g/mol. The van der Waals surface area contributed by atoms with Crippen LogP contribution in [0.15, 0.2) is 47.6 Å². The zero-order valence-electron chi connectivity index (χ0n) is 18.5. The van der Waals surface area contributed by atoms with Gasteiger partial charge in [0, 0.05) is 38.9 Å². The van der Waals surface area contributed by atoms with E-state index in [1.54, 1.807) is 27.1 Å². The van der Waals surface area contributed by atoms with E-state index in [1.165, 1.54) is 0 Å². The second-order valence-corrected chi connectivity index (χ2v) is 10.7. The first kappa shape index (κ1) is 22.9. The SMILES string of the molecule is CCOc1ccc(Oc2cc(CNC(=NC)N3CCS(=O)(=O)C(C)(C)C3)ccn2)cc1. The molecule has 0 radical (unpaired) electrons. The molecule has 3 rings (SSSR count). The van der Waals surface area contributed by atoms with E-state index in [4.69, 9.17) is 9.47 Å². The van der Waals surface area contributed by atoms with Crippen LogP contribution in [0, 0.1) is 0 Å². The average Bonchev–Trinajstić information content (AvgIpc) is 2.73. The lowest BCUT2D eigenvalue weighted by molar-refractivity contribution is 0.339. The maximum absolute atomic E-state index is 12.3. The van der Waals surface area contributed by atoms with E-state index >= 15 is 0 Å². The predicted octanol–water partition coefficient (Wildman–Crippen LogP) is 2.86. The molecule has 0 aliphatic carbocycles. The number of guanidine groups is 1. The number of ether oxygens (including phenoxy) is 2. The molecule has 31 heavy (non-hydrogen) atoms. The van der Waals surface area contributed by atoms with E-state index in [0.717, 1.165) is 11.3 Å². The Morgan fingerprint density at radius 2 is 1.94 bits per heavy atom. The van der Waals surface area contributed by atoms with Gasteiger partial charge >= 0.3 is 0 Å². The van der Waals surface area contributed by atoms with Crippen LogP contribution in [-0.4, -0.2) is 61.5 Å². The molecule has 0 saturated carbocycles. The average molecular weight is 447 g/mol. The summed E-state index contributed by atoms with van der Waals surface area (Å²) in [6, 6.07) is 11.2. The van der Waals surface area contributed by atoms with Crippen molar-refractivity contribution in [2.75, 3.05) is 32.5 Å². The number of rotatable bonds is 6. The van der Waals surface area contributed by atoms with Gasteiger partial charge in [-0.3, -0.25) is 4.99 Å². The van der Waals surface area contributed by atoms with Crippen molar-refractivity contribution in [1.29, 1.82) is 0 Å². The van der Waals surface area contributed by atoms with E-state index in [-0.39, 0.29) is 5.75 Å². The van der Waals surface area contributed by atoms with E-state index in [1.807, 2.05) is 48.2 Å². The Kier molecular flexibility index (Phi) is 7.04. The number of sulfone groups is 1. The quantitative estimate of drug-likeness (QED) is 0.539. The molecule has 1 aromatic heterocycles. The smallest absolute Gasteiger partial charge is 0.219 e. The summed E-state index contributed by atoms with van der Waals surface area (Å²) in [4.78, 5) is 10.6. The second-order valence-electron chi connectivity index (χ2n) is 7.91. The van der Waals surface area contributed by atoms with Crippen LogP contribution in [0.1, 0.15) is 26.3 Å². The number of aliphatic imine (C=N–C) groups is 1. The van der Waals surface area contributed by atoms with Gasteiger partial charge < -0.3 is 19.7 Å². The van der Waals surface area contributed by atoms with Gasteiger partial charge in [-0.25, -0.2) is 13.4 Å². The molecule has 1 fully saturated rings. The van der Waals surface area contributed by atoms with Gasteiger partial charge in [0.25, 0.3) is 0 Å². The van der Waals surface area contributed by atoms with E-state index < -0.39 is 14.6 Å². The number of hydrogen-bond donors (Lipinski definition) is 1. The van der Waals surface area contributed by atoms with Crippen molar-refractivity contribution >= 4 is 15.8 Å². The lowest BCUT2D eigenvalue weighted by Crippen LogP contribution is -2.57. The van der Waals surface area contributed by atoms with Crippen molar-refractivity contribution in [3.63, 3.8) is 0 Å². The molecule has 2 heterocycles. The summed E-state index contributed by atoms with van der Waals surface area (Å²) >= 11 is 0. The molecule has 0 spiro atoms. The largest absolute Gasteiger partial charge is 0.494 e. The molecule has 9 heteroatoms. The van der Waals surface area contributed by atoms with Crippen molar-refractivity contribution in [1.82, 2.24) is 15.2 Å². The highest BCUT2D eigenvalue weighted by atomic mass is 32.2. The zero-order valence-corrected chi connectivity index (χ0v) is 19.3. The van der Waals surface area contributed by atoms with Gasteiger partial charge in [0.05, 0.1) is 17.1 Å². The normalized spacial score (nSPS) is 17.8. The van der Waals surface area contributed by atoms with Crippen molar-refractivity contribution in [3.8, 4) is 17.4 Å². The Hall–Kier alpha value is -2.81. The minimum atomic E-state index is -3.10. The van der Waals surface area contributed by atoms with Gasteiger partial charge in [0.15, 0.2) is 15.8 Å². The molecule has 1 aliphatic rings. The summed E-state index contributed by atoms with van der Waals surface area (Å²) in [5.74, 6) is 2.75. The first-order valence-electron chi connectivity index (χ1n) is 10.3. The van der Waals surface area contributed by atoms with Crippen LogP contribution in [-0.2, 0) is 16.4 Å². The molecule has 0 amide bonds. The Labute approximate surface area is 184 Å². The minimum absolute atomic E-state index is 0.121. The molecule has 1 aliphatic heterocycles. The molecule has 8 nitrogen and oxygen atoms in total. The maximum atomic E-state index is 12.3. The first-order chi connectivity index (χ1) is 14.7. The third kappa shape index (κ3) is 5.66. The summed E-state index contributed by atoms with van der Waals surface area (Å²) in [6.07, 6.45) is 1.69. The highest BCUT2D eigenvalue weighted by Crippen LogP contribution is 2.25. The van der Waals surface area contributed by atoms with Gasteiger partial charge in [0.2, 0.25) is 5.88 Å². The fourth-order valence-corrected chi connectivity index (χ4v) is 4.71. The van der Waals surface area contributed by atoms with Gasteiger partial charge in [-0.05, 0) is 56.7 Å². The molecule has 1 N–H and O–H groups in total. The van der Waals surface area contributed by atoms with Crippen LogP contribution < -0.4 is 14.8 Å². The highest BCUT2D eigenvalue weighted by molar-refractivity contribution is 7.92. The number of benzene rings is 1. The van der Waals surface area contributed by atoms with Crippen LogP contribution in [0.5, 0.6) is 17.4 Å². The monoisotopic (exact) mass is 446 g/mol. The molecular formula is C22H30N4O4S. The molecule has 0 atom stereocenters. The Balaban J connectivity index is 1.61. The van der Waals surface area contributed by atoms with E-state index in [0.29, 0.717) is 43.8 Å². The lowest BCUT2D eigenvalue weighted by atomic mass is 10.2. The minimum Gasteiger partial charge on any atom is -0.494 e. The van der Waals surface area contributed by atoms with Crippen molar-refractivity contribution in [2.45, 2.75) is 32.1 Å². The van der Waals surface area contributed by atoms with Gasteiger partial charge in [0.1, 0.15) is 11.5 Å². The lowest BCUT2D eigenvalue weighted by Gasteiger charge is -2.39. The number of aromatic nitrogens is 1. The molecule has 0 bridgehead atoms. The number of nitrogens with zero attached hydrogens (tertiary/aromatic N) is 3. The zero-order chi connectivity index (χ0) is 22.5. The summed E-state index contributed by atoms with van der Waals surface area (Å²) in [6.45, 7) is 7.41. The van der Waals surface area contributed by atoms with E-state index in [9.17, 15) is 8.42 Å². The molecule has 168 valence electrons. The Morgan fingerprint density at radius 1 is 1.23 bits per heavy atom. The summed E-state index contributed by atoms with van der Waals surface area (Å²) < 4.78 is 35.0. The van der Waals surface area contributed by atoms with Crippen molar-refractivity contribution < 1.29 is 17.9 Å². The van der Waals surface area contributed by atoms with Crippen LogP contribution in [0.4, 0.5) is 0 Å². The van der Waals surface area contributed by atoms with Crippen LogP contribution in [0.25, 0.3) is 0 Å². The fraction of sp³-hybridized carbons (Fsp3) is 0.455. The van der Waals surface area contributed by atoms with Crippen LogP contribution in [0.3, 0.4) is 0 Å². The highest BCUT2D eigenvalue weighted by Gasteiger charge is 2.40. The first-order valence-corrected chi connectivity index (χ1v) is 11.9. The summed E-state index contributed by atoms with van der Waals surface area (Å²) in [5, 5.41) is 3.31. The Morgan fingerprint density at radius 3 is 2.58 bits per heavy atom. The van der Waals surface area contributed by atoms with Gasteiger partial charge in [-0.1, -0.05) is 0 Å². The Bertz CT molecular complexity index is 1020. The number of hydrogen-bond acceptors (Lipinski definition) is 6. The predicted molar refractivity (Wildman–Crippen MR) is 122 cm³/mol. The van der Waals surface area contributed by atoms with E-state index in [2.05, 4.69) is 15.3 Å². The molecule has 1 saturated heterocycles. The topological polar surface area (TPSA) is 93.1 Å². The fourth-order valence-electron chi connectivity index (χ4n) is 3.35. The number of pyridine rings is 1. The molecule has 1 aromatic carbocycles. The van der Waals surface area contributed by atoms with Gasteiger partial charge in [-0.15, -0.1) is 0 Å². The number of nitrogens with one attached hydrogen (secondary N) is 1. The molecule has 0 unspecified atom stereocenters. The third-order valence-electron chi connectivity index (χ3n) is 5.16. The summed E-state index contributed by atoms with van der Waals surface area (Å²) in [7, 11) is -1.40. The maximum Gasteiger partial charge on any atom is 0.219 e. The summed E-state index contributed by atoms with van der Waals surface area (Å²) in [5.41, 5.74) is 0.973. The van der Waals surface area contributed by atoms with Crippen LogP contribution >= 0.6 is 0 Å². The second kappa shape index (κ2) is 9.55. The standard InChI is InChI=1S/C22H30N4O4S/c1-5-29-18-6-8-19(9-7-18)30-20-14-17(10-11-24-20)15-25-21(23-4)26-12-13-31(27,28)22(2,3)16-26/h6-11,14H,5,12-13,15-16H2,1-4H3,(H,23,25). The molecule has 2 aromatic rings. The van der Waals surface area contributed by atoms with Crippen molar-refractivity contribution in [2.24, 2.45) is 4.99 Å². The van der Waals surface area contributed by atoms with Gasteiger partial charge in [-0.2, -0.15) is 0 Å². The third-order valence-corrected chi connectivity index (χ3v) is 7.69.